The minimum absolute atomic E-state index is 0.0846. The maximum Gasteiger partial charge on any atom is 0.299 e. The average Bonchev–Trinajstić information content (AvgIpc) is 2.09. The van der Waals surface area contributed by atoms with Crippen LogP contribution in [0.15, 0.2) is 10.9 Å². The highest BCUT2D eigenvalue weighted by atomic mass is 16.5. The van der Waals surface area contributed by atoms with E-state index in [4.69, 9.17) is 4.74 Å². The van der Waals surface area contributed by atoms with Crippen LogP contribution in [0.5, 0.6) is 6.01 Å². The summed E-state index contributed by atoms with van der Waals surface area (Å²) < 4.78 is 6.70. The summed E-state index contributed by atoms with van der Waals surface area (Å²) >= 11 is 0. The first kappa shape index (κ1) is 9.77. The molecule has 0 aliphatic heterocycles. The van der Waals surface area contributed by atoms with Gasteiger partial charge in [-0.05, 0) is 13.3 Å². The Kier molecular flexibility index (Phi) is 3.06. The smallest absolute Gasteiger partial charge is 0.299 e. The Morgan fingerprint density at radius 3 is 2.92 bits per heavy atom. The first-order valence-corrected chi connectivity index (χ1v) is 4.32. The number of ether oxygens (including phenoxy) is 1. The fourth-order valence-electron chi connectivity index (χ4n) is 0.950. The van der Waals surface area contributed by atoms with Crippen molar-refractivity contribution in [3.63, 3.8) is 0 Å². The van der Waals surface area contributed by atoms with E-state index in [0.717, 1.165) is 6.42 Å². The number of nitrogens with zero attached hydrogens (tertiary/aromatic N) is 2. The van der Waals surface area contributed by atoms with Crippen LogP contribution in [0.2, 0.25) is 0 Å². The van der Waals surface area contributed by atoms with E-state index < -0.39 is 0 Å². The van der Waals surface area contributed by atoms with Gasteiger partial charge in [0.1, 0.15) is 0 Å². The largest absolute Gasteiger partial charge is 0.465 e. The van der Waals surface area contributed by atoms with Crippen molar-refractivity contribution in [2.24, 2.45) is 7.05 Å². The fourth-order valence-corrected chi connectivity index (χ4v) is 0.950. The van der Waals surface area contributed by atoms with Gasteiger partial charge in [0.15, 0.2) is 0 Å². The molecule has 0 N–H and O–H groups in total. The lowest BCUT2D eigenvalue weighted by atomic mass is 10.4. The van der Waals surface area contributed by atoms with Crippen molar-refractivity contribution in [2.75, 3.05) is 6.61 Å². The van der Waals surface area contributed by atoms with Gasteiger partial charge < -0.3 is 4.74 Å². The van der Waals surface area contributed by atoms with Crippen LogP contribution in [-0.2, 0) is 7.05 Å². The molecule has 0 unspecified atom stereocenters. The first-order chi connectivity index (χ1) is 6.15. The summed E-state index contributed by atoms with van der Waals surface area (Å²) in [5, 5.41) is 0. The molecule has 0 amide bonds. The number of hydrogen-bond acceptors (Lipinski definition) is 3. The molecule has 0 spiro atoms. The summed E-state index contributed by atoms with van der Waals surface area (Å²) in [4.78, 5) is 15.4. The van der Waals surface area contributed by atoms with E-state index in [1.54, 1.807) is 14.0 Å². The Morgan fingerprint density at radius 2 is 2.31 bits per heavy atom. The molecular weight excluding hydrogens is 168 g/mol. The van der Waals surface area contributed by atoms with Gasteiger partial charge in [0.2, 0.25) is 0 Å². The molecule has 1 heterocycles. The zero-order valence-electron chi connectivity index (χ0n) is 8.20. The second-order valence-electron chi connectivity index (χ2n) is 2.93. The molecule has 1 rings (SSSR count). The number of aryl methyl sites for hydroxylation is 1. The van der Waals surface area contributed by atoms with Crippen LogP contribution in [-0.4, -0.2) is 16.2 Å². The summed E-state index contributed by atoms with van der Waals surface area (Å²) in [6.45, 7) is 4.37. The van der Waals surface area contributed by atoms with E-state index >= 15 is 0 Å². The highest BCUT2D eigenvalue weighted by molar-refractivity contribution is 5.05. The van der Waals surface area contributed by atoms with E-state index in [9.17, 15) is 4.79 Å². The van der Waals surface area contributed by atoms with Crippen LogP contribution in [0.1, 0.15) is 19.0 Å². The molecule has 0 saturated heterocycles. The summed E-state index contributed by atoms with van der Waals surface area (Å²) in [7, 11) is 1.65. The maximum atomic E-state index is 11.3. The molecule has 0 aliphatic carbocycles. The predicted octanol–water partition coefficient (Wildman–Crippen LogP) is 0.878. The third kappa shape index (κ3) is 2.31. The zero-order chi connectivity index (χ0) is 9.84. The lowest BCUT2D eigenvalue weighted by Gasteiger charge is -2.07. The van der Waals surface area contributed by atoms with Gasteiger partial charge in [0.25, 0.3) is 11.6 Å². The average molecular weight is 182 g/mol. The number of hydrogen-bond donors (Lipinski definition) is 0. The lowest BCUT2D eigenvalue weighted by molar-refractivity contribution is 0.276. The van der Waals surface area contributed by atoms with Crippen molar-refractivity contribution in [1.29, 1.82) is 0 Å². The Bertz CT molecular complexity index is 344. The quantitative estimate of drug-likeness (QED) is 0.697. The topological polar surface area (TPSA) is 44.1 Å². The Hall–Kier alpha value is -1.32. The normalized spacial score (nSPS) is 10.1. The molecule has 13 heavy (non-hydrogen) atoms. The van der Waals surface area contributed by atoms with Crippen LogP contribution in [0, 0.1) is 6.92 Å². The standard InChI is InChI=1S/C9H14N2O2/c1-4-5-13-9-10-7(2)6-8(12)11(9)3/h6H,4-5H2,1-3H3. The molecule has 4 heteroatoms. The van der Waals surface area contributed by atoms with Crippen LogP contribution >= 0.6 is 0 Å². The van der Waals surface area contributed by atoms with Gasteiger partial charge in [-0.25, -0.2) is 4.98 Å². The van der Waals surface area contributed by atoms with Crippen molar-refractivity contribution in [3.05, 3.63) is 22.1 Å². The van der Waals surface area contributed by atoms with Crippen molar-refractivity contribution in [3.8, 4) is 6.01 Å². The third-order valence-electron chi connectivity index (χ3n) is 1.66. The number of rotatable bonds is 3. The predicted molar refractivity (Wildman–Crippen MR) is 50.0 cm³/mol. The van der Waals surface area contributed by atoms with E-state index in [2.05, 4.69) is 4.98 Å². The fraction of sp³-hybridized carbons (Fsp3) is 0.556. The molecule has 1 aromatic heterocycles. The molecule has 0 fully saturated rings. The Balaban J connectivity index is 2.99. The minimum atomic E-state index is -0.0846. The van der Waals surface area contributed by atoms with E-state index in [0.29, 0.717) is 18.3 Å². The summed E-state index contributed by atoms with van der Waals surface area (Å²) in [6, 6.07) is 1.88. The van der Waals surface area contributed by atoms with Gasteiger partial charge in [0, 0.05) is 18.8 Å². The first-order valence-electron chi connectivity index (χ1n) is 4.32. The summed E-state index contributed by atoms with van der Waals surface area (Å²) in [6.07, 6.45) is 0.907. The van der Waals surface area contributed by atoms with Crippen molar-refractivity contribution in [2.45, 2.75) is 20.3 Å². The van der Waals surface area contributed by atoms with E-state index in [1.165, 1.54) is 10.6 Å². The molecular formula is C9H14N2O2. The van der Waals surface area contributed by atoms with Gasteiger partial charge in [-0.1, -0.05) is 6.92 Å². The van der Waals surface area contributed by atoms with Crippen LogP contribution in [0.4, 0.5) is 0 Å². The van der Waals surface area contributed by atoms with Crippen molar-refractivity contribution < 1.29 is 4.74 Å². The molecule has 4 nitrogen and oxygen atoms in total. The highest BCUT2D eigenvalue weighted by Gasteiger charge is 2.02. The zero-order valence-corrected chi connectivity index (χ0v) is 8.20. The van der Waals surface area contributed by atoms with Gasteiger partial charge in [-0.15, -0.1) is 0 Å². The van der Waals surface area contributed by atoms with Crippen LogP contribution < -0.4 is 10.3 Å². The monoisotopic (exact) mass is 182 g/mol. The van der Waals surface area contributed by atoms with Gasteiger partial charge in [-0.3, -0.25) is 9.36 Å². The molecule has 0 bridgehead atoms. The molecule has 0 aliphatic rings. The Labute approximate surface area is 77.2 Å². The molecule has 1 aromatic rings. The molecule has 0 radical (unpaired) electrons. The Morgan fingerprint density at radius 1 is 1.62 bits per heavy atom. The van der Waals surface area contributed by atoms with Gasteiger partial charge in [0.05, 0.1) is 6.61 Å². The van der Waals surface area contributed by atoms with E-state index in [-0.39, 0.29) is 5.56 Å². The van der Waals surface area contributed by atoms with Gasteiger partial charge >= 0.3 is 0 Å². The van der Waals surface area contributed by atoms with Crippen LogP contribution in [0.25, 0.3) is 0 Å². The van der Waals surface area contributed by atoms with Crippen molar-refractivity contribution in [1.82, 2.24) is 9.55 Å². The molecule has 0 aromatic carbocycles. The molecule has 72 valence electrons. The highest BCUT2D eigenvalue weighted by Crippen LogP contribution is 2.02. The summed E-state index contributed by atoms with van der Waals surface area (Å²) in [5.74, 6) is 0. The second kappa shape index (κ2) is 4.07. The SMILES string of the molecule is CCCOc1nc(C)cc(=O)n1C. The van der Waals surface area contributed by atoms with Crippen molar-refractivity contribution >= 4 is 0 Å². The maximum absolute atomic E-state index is 11.3. The number of aromatic nitrogens is 2. The second-order valence-corrected chi connectivity index (χ2v) is 2.93. The lowest BCUT2D eigenvalue weighted by Crippen LogP contribution is -2.20. The third-order valence-corrected chi connectivity index (χ3v) is 1.66. The van der Waals surface area contributed by atoms with Crippen LogP contribution in [0.3, 0.4) is 0 Å². The summed E-state index contributed by atoms with van der Waals surface area (Å²) in [5.41, 5.74) is 0.604. The minimum Gasteiger partial charge on any atom is -0.465 e. The van der Waals surface area contributed by atoms with Gasteiger partial charge in [-0.2, -0.15) is 0 Å². The van der Waals surface area contributed by atoms with E-state index in [1.807, 2.05) is 6.92 Å². The molecule has 0 saturated carbocycles. The molecule has 0 atom stereocenters.